The quantitative estimate of drug-likeness (QED) is 0.306. The molecule has 2 aliphatic heterocycles. The molecule has 0 spiro atoms. The molecular weight excluding hydrogens is 493 g/mol. The molecule has 30 heavy (non-hydrogen) atoms. The SMILES string of the molecule is CCNC(=NCC(C)N1CCOCC1)NCC1CCN(c2cccc(OC)c2)C1.I. The maximum Gasteiger partial charge on any atom is 0.191 e. The van der Waals surface area contributed by atoms with Gasteiger partial charge in [0.15, 0.2) is 5.96 Å². The van der Waals surface area contributed by atoms with E-state index in [1.165, 1.54) is 12.1 Å². The van der Waals surface area contributed by atoms with E-state index < -0.39 is 0 Å². The number of hydrogen-bond donors (Lipinski definition) is 2. The number of aliphatic imine (C=N–C) groups is 1. The smallest absolute Gasteiger partial charge is 0.191 e. The first-order valence-electron chi connectivity index (χ1n) is 10.9. The Morgan fingerprint density at radius 3 is 2.80 bits per heavy atom. The van der Waals surface area contributed by atoms with Gasteiger partial charge in [-0.2, -0.15) is 0 Å². The molecule has 0 radical (unpaired) electrons. The first-order valence-corrected chi connectivity index (χ1v) is 10.9. The van der Waals surface area contributed by atoms with Crippen LogP contribution in [0.25, 0.3) is 0 Å². The summed E-state index contributed by atoms with van der Waals surface area (Å²) >= 11 is 0. The highest BCUT2D eigenvalue weighted by Crippen LogP contribution is 2.26. The zero-order chi connectivity index (χ0) is 20.5. The summed E-state index contributed by atoms with van der Waals surface area (Å²) < 4.78 is 10.8. The molecule has 0 amide bonds. The summed E-state index contributed by atoms with van der Waals surface area (Å²) in [6.07, 6.45) is 1.19. The van der Waals surface area contributed by atoms with Crippen LogP contribution in [0, 0.1) is 5.92 Å². The molecule has 1 aromatic carbocycles. The van der Waals surface area contributed by atoms with Gasteiger partial charge in [0.05, 0.1) is 26.9 Å². The molecule has 0 saturated carbocycles. The molecule has 0 bridgehead atoms. The van der Waals surface area contributed by atoms with E-state index in [9.17, 15) is 0 Å². The molecule has 2 saturated heterocycles. The molecule has 2 unspecified atom stereocenters. The molecule has 8 heteroatoms. The van der Waals surface area contributed by atoms with Crippen molar-refractivity contribution in [3.05, 3.63) is 24.3 Å². The third-order valence-electron chi connectivity index (χ3n) is 5.79. The number of anilines is 1. The van der Waals surface area contributed by atoms with Crippen molar-refractivity contribution in [3.8, 4) is 5.75 Å². The highest BCUT2D eigenvalue weighted by atomic mass is 127. The second-order valence-corrected chi connectivity index (χ2v) is 7.90. The summed E-state index contributed by atoms with van der Waals surface area (Å²) in [5, 5.41) is 6.95. The number of ether oxygens (including phenoxy) is 2. The topological polar surface area (TPSA) is 61.4 Å². The summed E-state index contributed by atoms with van der Waals surface area (Å²) in [7, 11) is 1.72. The lowest BCUT2D eigenvalue weighted by molar-refractivity contribution is 0.0220. The van der Waals surface area contributed by atoms with Crippen LogP contribution >= 0.6 is 24.0 Å². The van der Waals surface area contributed by atoms with Crippen LogP contribution in [-0.2, 0) is 4.74 Å². The van der Waals surface area contributed by atoms with Crippen molar-refractivity contribution in [1.29, 1.82) is 0 Å². The first kappa shape index (κ1) is 25.0. The molecule has 3 rings (SSSR count). The Kier molecular flexibility index (Phi) is 11.0. The summed E-state index contributed by atoms with van der Waals surface area (Å²) in [4.78, 5) is 9.73. The number of rotatable bonds is 8. The Balaban J connectivity index is 0.00000320. The average Bonchev–Trinajstić information content (AvgIpc) is 3.25. The van der Waals surface area contributed by atoms with Gasteiger partial charge in [-0.1, -0.05) is 6.07 Å². The molecule has 1 aromatic rings. The van der Waals surface area contributed by atoms with Crippen molar-refractivity contribution in [3.63, 3.8) is 0 Å². The van der Waals surface area contributed by atoms with Gasteiger partial charge >= 0.3 is 0 Å². The molecule has 2 heterocycles. The molecule has 0 aliphatic carbocycles. The average molecular weight is 531 g/mol. The van der Waals surface area contributed by atoms with Gasteiger partial charge in [-0.15, -0.1) is 24.0 Å². The Morgan fingerprint density at radius 2 is 2.07 bits per heavy atom. The Labute approximate surface area is 198 Å². The lowest BCUT2D eigenvalue weighted by Crippen LogP contribution is -2.45. The number of methoxy groups -OCH3 is 1. The van der Waals surface area contributed by atoms with Crippen LogP contribution in [0.5, 0.6) is 5.75 Å². The van der Waals surface area contributed by atoms with Crippen molar-refractivity contribution in [2.75, 3.05) is 71.0 Å². The molecule has 170 valence electrons. The number of nitrogens with one attached hydrogen (secondary N) is 2. The highest BCUT2D eigenvalue weighted by molar-refractivity contribution is 14.0. The fraction of sp³-hybridized carbons (Fsp3) is 0.682. The molecule has 7 nitrogen and oxygen atoms in total. The zero-order valence-corrected chi connectivity index (χ0v) is 20.9. The van der Waals surface area contributed by atoms with Gasteiger partial charge in [0.2, 0.25) is 0 Å². The van der Waals surface area contributed by atoms with Crippen molar-refractivity contribution in [2.24, 2.45) is 10.9 Å². The largest absolute Gasteiger partial charge is 0.497 e. The standard InChI is InChI=1S/C22H37N5O2.HI/c1-4-23-22(24-15-18(2)26-10-12-29-13-11-26)25-16-19-8-9-27(17-19)20-6-5-7-21(14-20)28-3;/h5-7,14,18-19H,4,8-13,15-17H2,1-3H3,(H2,23,24,25);1H. The number of nitrogens with zero attached hydrogens (tertiary/aromatic N) is 3. The fourth-order valence-electron chi connectivity index (χ4n) is 3.98. The lowest BCUT2D eigenvalue weighted by Gasteiger charge is -2.31. The van der Waals surface area contributed by atoms with Crippen LogP contribution in [0.4, 0.5) is 5.69 Å². The van der Waals surface area contributed by atoms with Crippen LogP contribution in [0.15, 0.2) is 29.3 Å². The van der Waals surface area contributed by atoms with Crippen molar-refractivity contribution >= 4 is 35.6 Å². The minimum Gasteiger partial charge on any atom is -0.497 e. The second kappa shape index (κ2) is 13.2. The zero-order valence-electron chi connectivity index (χ0n) is 18.6. The van der Waals surface area contributed by atoms with E-state index in [2.05, 4.69) is 52.5 Å². The van der Waals surface area contributed by atoms with E-state index in [1.54, 1.807) is 7.11 Å². The van der Waals surface area contributed by atoms with Gasteiger partial charge < -0.3 is 25.0 Å². The predicted octanol–water partition coefficient (Wildman–Crippen LogP) is 2.42. The van der Waals surface area contributed by atoms with Gasteiger partial charge in [-0.05, 0) is 38.3 Å². The van der Waals surface area contributed by atoms with E-state index in [0.29, 0.717) is 12.0 Å². The van der Waals surface area contributed by atoms with Gasteiger partial charge in [0.1, 0.15) is 5.75 Å². The maximum absolute atomic E-state index is 5.45. The summed E-state index contributed by atoms with van der Waals surface area (Å²) in [5.41, 5.74) is 1.24. The number of halogens is 1. The van der Waals surface area contributed by atoms with Crippen molar-refractivity contribution in [2.45, 2.75) is 26.3 Å². The highest BCUT2D eigenvalue weighted by Gasteiger charge is 2.23. The summed E-state index contributed by atoms with van der Waals surface area (Å²) in [5.74, 6) is 2.45. The van der Waals surface area contributed by atoms with Crippen molar-refractivity contribution in [1.82, 2.24) is 15.5 Å². The third-order valence-corrected chi connectivity index (χ3v) is 5.79. The summed E-state index contributed by atoms with van der Waals surface area (Å²) in [6.45, 7) is 12.8. The van der Waals surface area contributed by atoms with Crippen LogP contribution < -0.4 is 20.3 Å². The van der Waals surface area contributed by atoms with Gasteiger partial charge in [0, 0.05) is 57.1 Å². The van der Waals surface area contributed by atoms with Gasteiger partial charge in [0.25, 0.3) is 0 Å². The van der Waals surface area contributed by atoms with Crippen LogP contribution in [0.3, 0.4) is 0 Å². The molecule has 2 fully saturated rings. The second-order valence-electron chi connectivity index (χ2n) is 7.90. The van der Waals surface area contributed by atoms with Gasteiger partial charge in [-0.3, -0.25) is 9.89 Å². The molecule has 0 aromatic heterocycles. The summed E-state index contributed by atoms with van der Waals surface area (Å²) in [6, 6.07) is 8.77. The third kappa shape index (κ3) is 7.46. The van der Waals surface area contributed by atoms with Gasteiger partial charge in [-0.25, -0.2) is 0 Å². The monoisotopic (exact) mass is 531 g/mol. The fourth-order valence-corrected chi connectivity index (χ4v) is 3.98. The molecule has 2 atom stereocenters. The number of hydrogen-bond acceptors (Lipinski definition) is 5. The number of morpholine rings is 1. The maximum atomic E-state index is 5.45. The molecular formula is C22H38IN5O2. The minimum absolute atomic E-state index is 0. The van der Waals surface area contributed by atoms with Crippen molar-refractivity contribution < 1.29 is 9.47 Å². The van der Waals surface area contributed by atoms with E-state index in [0.717, 1.165) is 70.7 Å². The van der Waals surface area contributed by atoms with E-state index in [-0.39, 0.29) is 24.0 Å². The minimum atomic E-state index is 0. The number of benzene rings is 1. The normalized spacial score (nSPS) is 21.1. The molecule has 2 aliphatic rings. The van der Waals surface area contributed by atoms with E-state index >= 15 is 0 Å². The Morgan fingerprint density at radius 1 is 1.27 bits per heavy atom. The van der Waals surface area contributed by atoms with E-state index in [1.807, 2.05) is 6.07 Å². The van der Waals surface area contributed by atoms with E-state index in [4.69, 9.17) is 14.5 Å². The van der Waals surface area contributed by atoms with Crippen LogP contribution in [0.1, 0.15) is 20.3 Å². The lowest BCUT2D eigenvalue weighted by atomic mass is 10.1. The first-order chi connectivity index (χ1) is 14.2. The number of guanidine groups is 1. The Bertz CT molecular complexity index is 654. The predicted molar refractivity (Wildman–Crippen MR) is 135 cm³/mol. The van der Waals surface area contributed by atoms with Crippen LogP contribution in [-0.4, -0.2) is 83.0 Å². The van der Waals surface area contributed by atoms with Crippen LogP contribution in [0.2, 0.25) is 0 Å². The Hall–Kier alpha value is -1.26. The molecule has 2 N–H and O–H groups in total.